The Balaban J connectivity index is 1.40. The number of ether oxygens (including phenoxy) is 1. The van der Waals surface area contributed by atoms with Crippen molar-refractivity contribution in [1.82, 2.24) is 20.3 Å². The molecule has 6 nitrogen and oxygen atoms in total. The van der Waals surface area contributed by atoms with E-state index in [1.165, 1.54) is 5.56 Å². The van der Waals surface area contributed by atoms with Gasteiger partial charge in [0.2, 0.25) is 11.7 Å². The maximum atomic E-state index is 5.83. The first-order valence-corrected chi connectivity index (χ1v) is 9.71. The number of benzene rings is 2. The average molecular weight is 388 g/mol. The largest absolute Gasteiger partial charge is 0.489 e. The first kappa shape index (κ1) is 18.9. The van der Waals surface area contributed by atoms with E-state index >= 15 is 0 Å². The van der Waals surface area contributed by atoms with Gasteiger partial charge in [-0.15, -0.1) is 0 Å². The van der Waals surface area contributed by atoms with Crippen LogP contribution in [0.4, 0.5) is 0 Å². The monoisotopic (exact) mass is 388 g/mol. The summed E-state index contributed by atoms with van der Waals surface area (Å²) in [5.74, 6) is 2.26. The standard InChI is InChI=1S/C23H24N4O2/c1-15(22-16(2)25-26-17(22)3)13-21-24-23(27-29-21)19-9-11-20(12-10-19)28-14-18-7-5-4-6-8-18/h4-12,15H,13-14H2,1-3H3,(H,25,26). The molecule has 2 aromatic heterocycles. The van der Waals surface area contributed by atoms with Crippen LogP contribution in [0.1, 0.15) is 41.2 Å². The van der Waals surface area contributed by atoms with Gasteiger partial charge in [0.05, 0.1) is 5.69 Å². The Bertz CT molecular complexity index is 1050. The van der Waals surface area contributed by atoms with E-state index in [1.807, 2.05) is 68.4 Å². The fraction of sp³-hybridized carbons (Fsp3) is 0.261. The second kappa shape index (κ2) is 8.31. The smallest absolute Gasteiger partial charge is 0.227 e. The quantitative estimate of drug-likeness (QED) is 0.482. The van der Waals surface area contributed by atoms with Crippen LogP contribution in [-0.4, -0.2) is 20.3 Å². The highest BCUT2D eigenvalue weighted by molar-refractivity contribution is 5.55. The molecule has 1 unspecified atom stereocenters. The molecule has 0 aliphatic carbocycles. The zero-order valence-corrected chi connectivity index (χ0v) is 16.8. The van der Waals surface area contributed by atoms with E-state index in [-0.39, 0.29) is 5.92 Å². The van der Waals surface area contributed by atoms with Crippen molar-refractivity contribution >= 4 is 0 Å². The first-order valence-electron chi connectivity index (χ1n) is 9.71. The molecule has 0 bridgehead atoms. The number of hydrogen-bond acceptors (Lipinski definition) is 5. The number of hydrogen-bond donors (Lipinski definition) is 1. The number of H-pyrrole nitrogens is 1. The third-order valence-electron chi connectivity index (χ3n) is 4.99. The fourth-order valence-corrected chi connectivity index (χ4v) is 3.55. The van der Waals surface area contributed by atoms with Crippen LogP contribution in [0.15, 0.2) is 59.1 Å². The van der Waals surface area contributed by atoms with Crippen molar-refractivity contribution in [3.05, 3.63) is 83.0 Å². The SMILES string of the molecule is Cc1n[nH]c(C)c1C(C)Cc1nc(-c2ccc(OCc3ccccc3)cc2)no1. The molecule has 0 fully saturated rings. The number of nitrogens with one attached hydrogen (secondary N) is 1. The molecule has 0 amide bonds. The molecule has 0 aliphatic heterocycles. The van der Waals surface area contributed by atoms with Gasteiger partial charge in [-0.2, -0.15) is 10.1 Å². The third kappa shape index (κ3) is 4.37. The van der Waals surface area contributed by atoms with Gasteiger partial charge in [0.25, 0.3) is 0 Å². The molecule has 1 atom stereocenters. The minimum Gasteiger partial charge on any atom is -0.489 e. The topological polar surface area (TPSA) is 76.8 Å². The first-order chi connectivity index (χ1) is 14.1. The molecule has 6 heteroatoms. The summed E-state index contributed by atoms with van der Waals surface area (Å²) in [6, 6.07) is 17.8. The maximum absolute atomic E-state index is 5.83. The molecule has 1 N–H and O–H groups in total. The lowest BCUT2D eigenvalue weighted by Crippen LogP contribution is -2.01. The lowest BCUT2D eigenvalue weighted by molar-refractivity contribution is 0.306. The van der Waals surface area contributed by atoms with Crippen LogP contribution < -0.4 is 4.74 Å². The Morgan fingerprint density at radius 3 is 2.48 bits per heavy atom. The Labute approximate surface area is 169 Å². The summed E-state index contributed by atoms with van der Waals surface area (Å²) in [6.45, 7) is 6.73. The minimum atomic E-state index is 0.246. The van der Waals surface area contributed by atoms with Gasteiger partial charge in [-0.3, -0.25) is 5.10 Å². The van der Waals surface area contributed by atoms with Crippen molar-refractivity contribution < 1.29 is 9.26 Å². The van der Waals surface area contributed by atoms with Crippen LogP contribution in [0, 0.1) is 13.8 Å². The molecule has 2 heterocycles. The van der Waals surface area contributed by atoms with Gasteiger partial charge in [-0.05, 0) is 55.2 Å². The van der Waals surface area contributed by atoms with Crippen molar-refractivity contribution in [1.29, 1.82) is 0 Å². The van der Waals surface area contributed by atoms with Crippen molar-refractivity contribution in [2.75, 3.05) is 0 Å². The van der Waals surface area contributed by atoms with Crippen LogP contribution >= 0.6 is 0 Å². The molecule has 0 saturated carbocycles. The summed E-state index contributed by atoms with van der Waals surface area (Å²) >= 11 is 0. The van der Waals surface area contributed by atoms with Crippen molar-refractivity contribution in [2.45, 2.75) is 39.7 Å². The fourth-order valence-electron chi connectivity index (χ4n) is 3.55. The molecule has 4 aromatic rings. The van der Waals surface area contributed by atoms with Gasteiger partial charge in [-0.1, -0.05) is 42.4 Å². The van der Waals surface area contributed by atoms with Gasteiger partial charge in [0.15, 0.2) is 0 Å². The molecule has 0 aliphatic rings. The molecular formula is C23H24N4O2. The molecule has 0 spiro atoms. The molecule has 0 saturated heterocycles. The Hall–Kier alpha value is -3.41. The van der Waals surface area contributed by atoms with E-state index in [0.29, 0.717) is 24.7 Å². The van der Waals surface area contributed by atoms with Crippen LogP contribution in [0.2, 0.25) is 0 Å². The molecule has 29 heavy (non-hydrogen) atoms. The van der Waals surface area contributed by atoms with E-state index in [0.717, 1.165) is 28.3 Å². The second-order valence-corrected chi connectivity index (χ2v) is 7.26. The third-order valence-corrected chi connectivity index (χ3v) is 4.99. The molecule has 148 valence electrons. The summed E-state index contributed by atoms with van der Waals surface area (Å²) in [7, 11) is 0. The van der Waals surface area contributed by atoms with Crippen LogP contribution in [0.25, 0.3) is 11.4 Å². The van der Waals surface area contributed by atoms with Crippen LogP contribution in [0.5, 0.6) is 5.75 Å². The lowest BCUT2D eigenvalue weighted by Gasteiger charge is -2.08. The van der Waals surface area contributed by atoms with E-state index in [4.69, 9.17) is 9.26 Å². The average Bonchev–Trinajstić information content (AvgIpc) is 3.33. The number of rotatable bonds is 7. The predicted octanol–water partition coefficient (Wildman–Crippen LogP) is 5.00. The van der Waals surface area contributed by atoms with Crippen molar-refractivity contribution in [3.63, 3.8) is 0 Å². The Morgan fingerprint density at radius 2 is 1.79 bits per heavy atom. The maximum Gasteiger partial charge on any atom is 0.227 e. The number of aromatic nitrogens is 4. The van der Waals surface area contributed by atoms with E-state index < -0.39 is 0 Å². The van der Waals surface area contributed by atoms with E-state index in [1.54, 1.807) is 0 Å². The lowest BCUT2D eigenvalue weighted by atomic mass is 9.96. The van der Waals surface area contributed by atoms with Gasteiger partial charge in [0.1, 0.15) is 12.4 Å². The Kier molecular flexibility index (Phi) is 5.42. The molecule has 2 aromatic carbocycles. The summed E-state index contributed by atoms with van der Waals surface area (Å²) < 4.78 is 11.3. The summed E-state index contributed by atoms with van der Waals surface area (Å²) in [4.78, 5) is 4.56. The van der Waals surface area contributed by atoms with Crippen molar-refractivity contribution in [3.8, 4) is 17.1 Å². The molecule has 4 rings (SSSR count). The minimum absolute atomic E-state index is 0.246. The molecule has 0 radical (unpaired) electrons. The van der Waals surface area contributed by atoms with Gasteiger partial charge >= 0.3 is 0 Å². The predicted molar refractivity (Wildman–Crippen MR) is 111 cm³/mol. The normalized spacial score (nSPS) is 12.1. The van der Waals surface area contributed by atoms with Gasteiger partial charge in [0, 0.05) is 17.7 Å². The zero-order valence-electron chi connectivity index (χ0n) is 16.8. The number of aromatic amines is 1. The number of nitrogens with zero attached hydrogens (tertiary/aromatic N) is 3. The van der Waals surface area contributed by atoms with Gasteiger partial charge in [-0.25, -0.2) is 0 Å². The second-order valence-electron chi connectivity index (χ2n) is 7.26. The van der Waals surface area contributed by atoms with E-state index in [2.05, 4.69) is 27.3 Å². The van der Waals surface area contributed by atoms with Crippen LogP contribution in [-0.2, 0) is 13.0 Å². The molecular weight excluding hydrogens is 364 g/mol. The Morgan fingerprint density at radius 1 is 1.03 bits per heavy atom. The number of aryl methyl sites for hydroxylation is 2. The summed E-state index contributed by atoms with van der Waals surface area (Å²) in [5, 5.41) is 11.4. The zero-order chi connectivity index (χ0) is 20.2. The van der Waals surface area contributed by atoms with E-state index in [9.17, 15) is 0 Å². The summed E-state index contributed by atoms with van der Waals surface area (Å²) in [5.41, 5.74) is 5.35. The highest BCUT2D eigenvalue weighted by Crippen LogP contribution is 2.26. The highest BCUT2D eigenvalue weighted by Gasteiger charge is 2.18. The van der Waals surface area contributed by atoms with Crippen LogP contribution in [0.3, 0.4) is 0 Å². The summed E-state index contributed by atoms with van der Waals surface area (Å²) in [6.07, 6.45) is 0.673. The van der Waals surface area contributed by atoms with Crippen molar-refractivity contribution in [2.24, 2.45) is 0 Å². The highest BCUT2D eigenvalue weighted by atomic mass is 16.5. The van der Waals surface area contributed by atoms with Gasteiger partial charge < -0.3 is 9.26 Å².